The van der Waals surface area contributed by atoms with E-state index in [0.717, 1.165) is 29.7 Å². The molecule has 1 aliphatic rings. The first-order valence-corrected chi connectivity index (χ1v) is 9.76. The van der Waals surface area contributed by atoms with Gasteiger partial charge in [-0.25, -0.2) is 5.43 Å². The number of H-pyrrole nitrogens is 1. The molecule has 0 spiro atoms. The first-order chi connectivity index (χ1) is 14.2. The van der Waals surface area contributed by atoms with E-state index in [1.807, 2.05) is 18.2 Å². The van der Waals surface area contributed by atoms with Crippen LogP contribution in [0.25, 0.3) is 22.0 Å². The topological polar surface area (TPSA) is 70.1 Å². The van der Waals surface area contributed by atoms with Crippen LogP contribution in [0.3, 0.4) is 0 Å². The maximum atomic E-state index is 12.4. The molecule has 6 heteroatoms. The first kappa shape index (κ1) is 17.6. The Hall–Kier alpha value is -3.44. The average molecular weight is 401 g/mol. The van der Waals surface area contributed by atoms with Crippen molar-refractivity contribution >= 4 is 34.5 Å². The average Bonchev–Trinajstić information content (AvgIpc) is 3.39. The molecule has 4 aromatic rings. The van der Waals surface area contributed by atoms with E-state index < -0.39 is 0 Å². The van der Waals surface area contributed by atoms with Crippen LogP contribution in [0.4, 0.5) is 0 Å². The van der Waals surface area contributed by atoms with Gasteiger partial charge in [0.1, 0.15) is 5.69 Å². The number of aryl methyl sites for hydroxylation is 2. The van der Waals surface area contributed by atoms with E-state index >= 15 is 0 Å². The number of hydrogen-bond acceptors (Lipinski definition) is 3. The van der Waals surface area contributed by atoms with E-state index in [1.165, 1.54) is 28.1 Å². The Labute approximate surface area is 172 Å². The molecule has 0 unspecified atom stereocenters. The van der Waals surface area contributed by atoms with E-state index in [2.05, 4.69) is 51.1 Å². The van der Waals surface area contributed by atoms with Crippen LogP contribution in [0, 0.1) is 0 Å². The third-order valence-electron chi connectivity index (χ3n) is 5.25. The van der Waals surface area contributed by atoms with Gasteiger partial charge >= 0.3 is 0 Å². The minimum absolute atomic E-state index is 0.347. The van der Waals surface area contributed by atoms with Crippen molar-refractivity contribution in [3.63, 3.8) is 0 Å². The van der Waals surface area contributed by atoms with Gasteiger partial charge in [0.05, 0.1) is 11.9 Å². The van der Waals surface area contributed by atoms with Crippen LogP contribution in [-0.4, -0.2) is 22.3 Å². The number of hydrazone groups is 1. The van der Waals surface area contributed by atoms with Crippen molar-refractivity contribution in [1.82, 2.24) is 15.6 Å². The summed E-state index contributed by atoms with van der Waals surface area (Å²) in [6, 6.07) is 19.7. The zero-order valence-electron chi connectivity index (χ0n) is 15.4. The summed E-state index contributed by atoms with van der Waals surface area (Å²) in [5.41, 5.74) is 8.09. The zero-order valence-corrected chi connectivity index (χ0v) is 16.2. The number of carbonyl (C=O) groups is 1. The highest BCUT2D eigenvalue weighted by Crippen LogP contribution is 2.36. The van der Waals surface area contributed by atoms with Crippen molar-refractivity contribution in [1.29, 1.82) is 0 Å². The number of nitrogens with zero attached hydrogens (tertiary/aromatic N) is 2. The summed E-state index contributed by atoms with van der Waals surface area (Å²) in [4.78, 5) is 12.4. The number of rotatable bonds is 4. The Morgan fingerprint density at radius 1 is 1.07 bits per heavy atom. The highest BCUT2D eigenvalue weighted by Gasteiger charge is 2.18. The Morgan fingerprint density at radius 2 is 1.90 bits per heavy atom. The number of benzene rings is 3. The first-order valence-electron chi connectivity index (χ1n) is 9.38. The molecule has 0 saturated carbocycles. The second-order valence-electron chi connectivity index (χ2n) is 7.00. The summed E-state index contributed by atoms with van der Waals surface area (Å²) in [6.07, 6.45) is 3.67. The van der Waals surface area contributed by atoms with E-state index in [9.17, 15) is 4.79 Å². The molecule has 1 amide bonds. The van der Waals surface area contributed by atoms with Gasteiger partial charge in [-0.2, -0.15) is 10.2 Å². The molecule has 1 heterocycles. The quantitative estimate of drug-likeness (QED) is 0.383. The maximum absolute atomic E-state index is 12.4. The number of aromatic amines is 1. The van der Waals surface area contributed by atoms with Crippen LogP contribution in [0.2, 0.25) is 5.02 Å². The van der Waals surface area contributed by atoms with Gasteiger partial charge in [-0.3, -0.25) is 9.89 Å². The van der Waals surface area contributed by atoms with Gasteiger partial charge in [0.15, 0.2) is 0 Å². The zero-order chi connectivity index (χ0) is 19.8. The molecule has 0 aliphatic heterocycles. The van der Waals surface area contributed by atoms with E-state index in [0.29, 0.717) is 10.7 Å². The van der Waals surface area contributed by atoms with Gasteiger partial charge in [0.2, 0.25) is 0 Å². The number of carbonyl (C=O) groups excluding carboxylic acids is 1. The number of aromatic nitrogens is 2. The van der Waals surface area contributed by atoms with Crippen molar-refractivity contribution < 1.29 is 4.79 Å². The Balaban J connectivity index is 1.40. The summed E-state index contributed by atoms with van der Waals surface area (Å²) in [6.45, 7) is 0. The SMILES string of the molecule is O=C(NN=Cc1ccccc1Cl)c1cc(-c2ccc3c4c(cccc24)CC3)n[nH]1. The van der Waals surface area contributed by atoms with Crippen LogP contribution in [0.1, 0.15) is 27.2 Å². The molecule has 3 aromatic carbocycles. The molecule has 1 aliphatic carbocycles. The lowest BCUT2D eigenvalue weighted by atomic mass is 9.98. The molecule has 0 atom stereocenters. The van der Waals surface area contributed by atoms with Crippen molar-refractivity contribution in [2.24, 2.45) is 5.10 Å². The molecule has 5 rings (SSSR count). The van der Waals surface area contributed by atoms with Crippen molar-refractivity contribution in [2.45, 2.75) is 12.8 Å². The lowest BCUT2D eigenvalue weighted by molar-refractivity contribution is 0.0950. The van der Waals surface area contributed by atoms with Gasteiger partial charge < -0.3 is 0 Å². The van der Waals surface area contributed by atoms with E-state index in [1.54, 1.807) is 12.1 Å². The molecule has 5 nitrogen and oxygen atoms in total. The largest absolute Gasteiger partial charge is 0.289 e. The Kier molecular flexibility index (Phi) is 4.37. The number of amides is 1. The van der Waals surface area contributed by atoms with Crippen LogP contribution in [0.5, 0.6) is 0 Å². The minimum atomic E-state index is -0.363. The summed E-state index contributed by atoms with van der Waals surface area (Å²) >= 11 is 6.08. The van der Waals surface area contributed by atoms with Gasteiger partial charge in [0, 0.05) is 16.1 Å². The molecule has 2 N–H and O–H groups in total. The Bertz CT molecular complexity index is 1260. The van der Waals surface area contributed by atoms with Crippen LogP contribution in [0.15, 0.2) is 65.8 Å². The lowest BCUT2D eigenvalue weighted by Crippen LogP contribution is -2.18. The molecule has 0 fully saturated rings. The number of halogens is 1. The van der Waals surface area contributed by atoms with Crippen LogP contribution in [-0.2, 0) is 12.8 Å². The molecular formula is C23H17ClN4O. The second kappa shape index (κ2) is 7.18. The summed E-state index contributed by atoms with van der Waals surface area (Å²) in [5.74, 6) is -0.363. The van der Waals surface area contributed by atoms with Gasteiger partial charge in [-0.05, 0) is 46.9 Å². The fraction of sp³-hybridized carbons (Fsp3) is 0.0870. The van der Waals surface area contributed by atoms with Gasteiger partial charge in [-0.1, -0.05) is 60.1 Å². The van der Waals surface area contributed by atoms with E-state index in [-0.39, 0.29) is 5.91 Å². The van der Waals surface area contributed by atoms with Crippen molar-refractivity contribution in [2.75, 3.05) is 0 Å². The number of hydrogen-bond donors (Lipinski definition) is 2. The molecule has 0 saturated heterocycles. The van der Waals surface area contributed by atoms with Gasteiger partial charge in [0.25, 0.3) is 5.91 Å². The predicted molar refractivity (Wildman–Crippen MR) is 115 cm³/mol. The summed E-state index contributed by atoms with van der Waals surface area (Å²) in [5, 5.41) is 14.2. The van der Waals surface area contributed by atoms with Crippen molar-refractivity contribution in [3.8, 4) is 11.3 Å². The highest BCUT2D eigenvalue weighted by molar-refractivity contribution is 6.33. The van der Waals surface area contributed by atoms with Crippen molar-refractivity contribution in [3.05, 3.63) is 88.1 Å². The standard InChI is InChI=1S/C23H17ClN4O/c24-19-7-2-1-4-16(19)13-25-28-23(29)21-12-20(26-27-21)17-11-10-15-9-8-14-5-3-6-18(17)22(14)15/h1-7,10-13H,8-9H2,(H,26,27)(H,28,29). The minimum Gasteiger partial charge on any atom is -0.272 e. The molecule has 0 bridgehead atoms. The fourth-order valence-electron chi connectivity index (χ4n) is 3.85. The number of nitrogens with one attached hydrogen (secondary N) is 2. The molecule has 0 radical (unpaired) electrons. The summed E-state index contributed by atoms with van der Waals surface area (Å²) < 4.78 is 0. The second-order valence-corrected chi connectivity index (χ2v) is 7.41. The monoisotopic (exact) mass is 400 g/mol. The molecule has 142 valence electrons. The van der Waals surface area contributed by atoms with Gasteiger partial charge in [-0.15, -0.1) is 0 Å². The van der Waals surface area contributed by atoms with Crippen LogP contribution >= 0.6 is 11.6 Å². The third-order valence-corrected chi connectivity index (χ3v) is 5.59. The predicted octanol–water partition coefficient (Wildman–Crippen LogP) is 4.75. The molecule has 1 aromatic heterocycles. The van der Waals surface area contributed by atoms with E-state index in [4.69, 9.17) is 11.6 Å². The fourth-order valence-corrected chi connectivity index (χ4v) is 4.03. The maximum Gasteiger partial charge on any atom is 0.289 e. The smallest absolute Gasteiger partial charge is 0.272 e. The highest BCUT2D eigenvalue weighted by atomic mass is 35.5. The Morgan fingerprint density at radius 3 is 2.76 bits per heavy atom. The lowest BCUT2D eigenvalue weighted by Gasteiger charge is -2.06. The third kappa shape index (κ3) is 3.19. The molecule has 29 heavy (non-hydrogen) atoms. The normalized spacial score (nSPS) is 12.7. The molecular weight excluding hydrogens is 384 g/mol. The van der Waals surface area contributed by atoms with Crippen LogP contribution < -0.4 is 5.43 Å². The summed E-state index contributed by atoms with van der Waals surface area (Å²) in [7, 11) is 0.